The second kappa shape index (κ2) is 5.75. The van der Waals surface area contributed by atoms with Crippen molar-refractivity contribution in [2.75, 3.05) is 7.11 Å². The molecule has 3 nitrogen and oxygen atoms in total. The van der Waals surface area contributed by atoms with Crippen LogP contribution in [0.2, 0.25) is 5.02 Å². The molecule has 0 aromatic heterocycles. The molecule has 1 rings (SSSR count). The third-order valence-electron chi connectivity index (χ3n) is 2.39. The fraction of sp³-hybridized carbons (Fsp3) is 0.417. The van der Waals surface area contributed by atoms with E-state index in [1.54, 1.807) is 13.2 Å². The van der Waals surface area contributed by atoms with Gasteiger partial charge in [0, 0.05) is 6.42 Å². The molecule has 0 unspecified atom stereocenters. The summed E-state index contributed by atoms with van der Waals surface area (Å²) in [5.41, 5.74) is 1.94. The average molecular weight is 243 g/mol. The van der Waals surface area contributed by atoms with Crippen LogP contribution in [0.1, 0.15) is 24.5 Å². The fourth-order valence-corrected chi connectivity index (χ4v) is 1.94. The predicted octanol–water partition coefficient (Wildman–Crippen LogP) is 2.93. The highest BCUT2D eigenvalue weighted by Gasteiger charge is 2.09. The molecule has 4 heteroatoms. The molecule has 0 radical (unpaired) electrons. The van der Waals surface area contributed by atoms with Gasteiger partial charge in [-0.3, -0.25) is 4.79 Å². The van der Waals surface area contributed by atoms with Crippen LogP contribution in [0.3, 0.4) is 0 Å². The number of halogens is 1. The van der Waals surface area contributed by atoms with E-state index < -0.39 is 5.97 Å². The first-order chi connectivity index (χ1) is 7.58. The smallest absolute Gasteiger partial charge is 0.303 e. The van der Waals surface area contributed by atoms with Crippen LogP contribution in [0.25, 0.3) is 0 Å². The summed E-state index contributed by atoms with van der Waals surface area (Å²) >= 11 is 6.06. The lowest BCUT2D eigenvalue weighted by Crippen LogP contribution is -1.99. The Morgan fingerprint density at radius 2 is 2.19 bits per heavy atom. The molecule has 1 aromatic carbocycles. The third-order valence-corrected chi connectivity index (χ3v) is 2.67. The molecule has 0 amide bonds. The lowest BCUT2D eigenvalue weighted by molar-refractivity contribution is -0.136. The topological polar surface area (TPSA) is 46.5 Å². The standard InChI is InChI=1S/C12H15ClO3/c1-3-9-6-8(4-5-11(14)15)7-10(13)12(9)16-2/h6-7H,3-5H2,1-2H3,(H,14,15). The highest BCUT2D eigenvalue weighted by molar-refractivity contribution is 6.32. The highest BCUT2D eigenvalue weighted by Crippen LogP contribution is 2.30. The Bertz CT molecular complexity index is 388. The molecule has 0 aliphatic carbocycles. The Balaban J connectivity index is 2.96. The minimum Gasteiger partial charge on any atom is -0.495 e. The van der Waals surface area contributed by atoms with E-state index in [0.29, 0.717) is 17.2 Å². The number of rotatable bonds is 5. The molecule has 16 heavy (non-hydrogen) atoms. The summed E-state index contributed by atoms with van der Waals surface area (Å²) in [6.45, 7) is 2.01. The van der Waals surface area contributed by atoms with Gasteiger partial charge in [0.2, 0.25) is 0 Å². The summed E-state index contributed by atoms with van der Waals surface area (Å²) in [5, 5.41) is 9.16. The van der Waals surface area contributed by atoms with Crippen molar-refractivity contribution in [2.24, 2.45) is 0 Å². The van der Waals surface area contributed by atoms with E-state index in [4.69, 9.17) is 21.4 Å². The van der Waals surface area contributed by atoms with Crippen molar-refractivity contribution in [1.29, 1.82) is 0 Å². The van der Waals surface area contributed by atoms with Gasteiger partial charge < -0.3 is 9.84 Å². The maximum absolute atomic E-state index is 10.5. The highest BCUT2D eigenvalue weighted by atomic mass is 35.5. The van der Waals surface area contributed by atoms with E-state index in [0.717, 1.165) is 17.5 Å². The molecule has 0 bridgehead atoms. The van der Waals surface area contributed by atoms with Gasteiger partial charge in [0.15, 0.2) is 0 Å². The first-order valence-corrected chi connectivity index (χ1v) is 5.53. The normalized spacial score (nSPS) is 10.2. The van der Waals surface area contributed by atoms with Crippen molar-refractivity contribution in [2.45, 2.75) is 26.2 Å². The minimum atomic E-state index is -0.801. The molecule has 0 spiro atoms. The van der Waals surface area contributed by atoms with Crippen LogP contribution in [0.4, 0.5) is 0 Å². The van der Waals surface area contributed by atoms with Crippen LogP contribution >= 0.6 is 11.6 Å². The maximum Gasteiger partial charge on any atom is 0.303 e. The van der Waals surface area contributed by atoms with Gasteiger partial charge >= 0.3 is 5.97 Å². The van der Waals surface area contributed by atoms with Crippen LogP contribution in [0.5, 0.6) is 5.75 Å². The molecule has 1 N–H and O–H groups in total. The van der Waals surface area contributed by atoms with Crippen molar-refractivity contribution in [3.63, 3.8) is 0 Å². The Morgan fingerprint density at radius 1 is 1.50 bits per heavy atom. The second-order valence-electron chi connectivity index (χ2n) is 3.52. The van der Waals surface area contributed by atoms with Crippen LogP contribution < -0.4 is 4.74 Å². The largest absolute Gasteiger partial charge is 0.495 e. The van der Waals surface area contributed by atoms with Gasteiger partial charge in [-0.05, 0) is 30.0 Å². The van der Waals surface area contributed by atoms with Crippen molar-refractivity contribution >= 4 is 17.6 Å². The fourth-order valence-electron chi connectivity index (χ4n) is 1.60. The molecule has 0 atom stereocenters. The number of aryl methyl sites for hydroxylation is 2. The molecule has 1 aromatic rings. The SMILES string of the molecule is CCc1cc(CCC(=O)O)cc(Cl)c1OC. The number of ether oxygens (including phenoxy) is 1. The summed E-state index contributed by atoms with van der Waals surface area (Å²) in [7, 11) is 1.58. The molecular weight excluding hydrogens is 228 g/mol. The number of carboxylic acids is 1. The quantitative estimate of drug-likeness (QED) is 0.864. The van der Waals surface area contributed by atoms with E-state index in [2.05, 4.69) is 0 Å². The minimum absolute atomic E-state index is 0.117. The molecule has 0 fully saturated rings. The molecule has 0 aliphatic heterocycles. The molecular formula is C12H15ClO3. The molecule has 0 saturated heterocycles. The zero-order valence-electron chi connectivity index (χ0n) is 9.42. The predicted molar refractivity (Wildman–Crippen MR) is 63.3 cm³/mol. The number of carboxylic acid groups (broad SMARTS) is 1. The number of benzene rings is 1. The van der Waals surface area contributed by atoms with Gasteiger partial charge in [0.05, 0.1) is 12.1 Å². The average Bonchev–Trinajstić information content (AvgIpc) is 2.25. The molecule has 88 valence electrons. The Labute approximate surface area is 100.0 Å². The lowest BCUT2D eigenvalue weighted by atomic mass is 10.0. The lowest BCUT2D eigenvalue weighted by Gasteiger charge is -2.11. The van der Waals surface area contributed by atoms with Crippen LogP contribution in [-0.4, -0.2) is 18.2 Å². The van der Waals surface area contributed by atoms with Gasteiger partial charge in [-0.2, -0.15) is 0 Å². The van der Waals surface area contributed by atoms with Crippen molar-refractivity contribution < 1.29 is 14.6 Å². The van der Waals surface area contributed by atoms with E-state index in [9.17, 15) is 4.79 Å². The molecule has 0 aliphatic rings. The van der Waals surface area contributed by atoms with Gasteiger partial charge in [-0.15, -0.1) is 0 Å². The number of carbonyl (C=O) groups is 1. The zero-order chi connectivity index (χ0) is 12.1. The Kier molecular flexibility index (Phi) is 4.62. The van der Waals surface area contributed by atoms with Crippen LogP contribution in [-0.2, 0) is 17.6 Å². The number of methoxy groups -OCH3 is 1. The Hall–Kier alpha value is -1.22. The monoisotopic (exact) mass is 242 g/mol. The third kappa shape index (κ3) is 3.14. The van der Waals surface area contributed by atoms with E-state index >= 15 is 0 Å². The summed E-state index contributed by atoms with van der Waals surface area (Å²) in [6, 6.07) is 3.72. The van der Waals surface area contributed by atoms with Crippen LogP contribution in [0, 0.1) is 0 Å². The zero-order valence-corrected chi connectivity index (χ0v) is 10.2. The Morgan fingerprint density at radius 3 is 2.69 bits per heavy atom. The van der Waals surface area contributed by atoms with Crippen LogP contribution in [0.15, 0.2) is 12.1 Å². The summed E-state index contributed by atoms with van der Waals surface area (Å²) in [6.07, 6.45) is 1.42. The van der Waals surface area contributed by atoms with Crippen molar-refractivity contribution in [3.05, 3.63) is 28.3 Å². The van der Waals surface area contributed by atoms with Gasteiger partial charge in [-0.25, -0.2) is 0 Å². The number of aliphatic carboxylic acids is 1. The molecule has 0 heterocycles. The number of hydrogen-bond donors (Lipinski definition) is 1. The first-order valence-electron chi connectivity index (χ1n) is 5.15. The van der Waals surface area contributed by atoms with E-state index in [1.807, 2.05) is 13.0 Å². The second-order valence-corrected chi connectivity index (χ2v) is 3.92. The van der Waals surface area contributed by atoms with Gasteiger partial charge in [0.25, 0.3) is 0 Å². The number of hydrogen-bond acceptors (Lipinski definition) is 2. The first kappa shape index (κ1) is 12.8. The maximum atomic E-state index is 10.5. The van der Waals surface area contributed by atoms with E-state index in [-0.39, 0.29) is 6.42 Å². The summed E-state index contributed by atoms with van der Waals surface area (Å²) in [5.74, 6) is -0.117. The van der Waals surface area contributed by atoms with E-state index in [1.165, 1.54) is 0 Å². The van der Waals surface area contributed by atoms with Gasteiger partial charge in [0.1, 0.15) is 5.75 Å². The van der Waals surface area contributed by atoms with Crippen molar-refractivity contribution in [3.8, 4) is 5.75 Å². The molecule has 0 saturated carbocycles. The van der Waals surface area contributed by atoms with Crippen molar-refractivity contribution in [1.82, 2.24) is 0 Å². The summed E-state index contributed by atoms with van der Waals surface area (Å²) < 4.78 is 5.20. The van der Waals surface area contributed by atoms with Gasteiger partial charge in [-0.1, -0.05) is 24.6 Å². The summed E-state index contributed by atoms with van der Waals surface area (Å²) in [4.78, 5) is 10.5.